The number of alkyl halides is 3. The first-order chi connectivity index (χ1) is 8.39. The fourth-order valence-corrected chi connectivity index (χ4v) is 1.63. The molecule has 1 aromatic heterocycles. The van der Waals surface area contributed by atoms with E-state index < -0.39 is 12.7 Å². The third kappa shape index (κ3) is 3.34. The maximum atomic E-state index is 12.5. The molecule has 0 N–H and O–H groups in total. The number of rotatable bonds is 4. The van der Waals surface area contributed by atoms with Gasteiger partial charge in [0.2, 0.25) is 11.2 Å². The largest absolute Gasteiger partial charge is 0.467 e. The average molecular weight is 283 g/mol. The summed E-state index contributed by atoms with van der Waals surface area (Å²) in [5, 5.41) is -0.190. The van der Waals surface area contributed by atoms with Gasteiger partial charge in [-0.1, -0.05) is 0 Å². The summed E-state index contributed by atoms with van der Waals surface area (Å²) >= 11 is 5.62. The fourth-order valence-electron chi connectivity index (χ4n) is 1.48. The Hall–Kier alpha value is -1.31. The highest BCUT2D eigenvalue weighted by Gasteiger charge is 2.39. The van der Waals surface area contributed by atoms with Crippen LogP contribution in [0.4, 0.5) is 19.1 Å². The Morgan fingerprint density at radius 1 is 1.33 bits per heavy atom. The maximum absolute atomic E-state index is 12.5. The number of hydrogen-bond donors (Lipinski definition) is 0. The lowest BCUT2D eigenvalue weighted by Crippen LogP contribution is -2.37. The molecule has 0 bridgehead atoms. The smallest absolute Gasteiger partial charge is 0.406 e. The molecule has 0 amide bonds. The number of ether oxygens (including phenoxy) is 1. The summed E-state index contributed by atoms with van der Waals surface area (Å²) in [6.07, 6.45) is -2.96. The normalized spacial score (nSPS) is 15.6. The van der Waals surface area contributed by atoms with Crippen LogP contribution in [-0.2, 0) is 0 Å². The molecule has 1 saturated carbocycles. The number of nitrogens with zero attached hydrogens (tertiary/aromatic N) is 4. The summed E-state index contributed by atoms with van der Waals surface area (Å²) in [6, 6.07) is -0.298. The Bertz CT molecular complexity index is 438. The highest BCUT2D eigenvalue weighted by Crippen LogP contribution is 2.33. The first-order valence-electron chi connectivity index (χ1n) is 5.18. The second-order valence-corrected chi connectivity index (χ2v) is 4.20. The molecule has 0 radical (unpaired) electrons. The van der Waals surface area contributed by atoms with Crippen LogP contribution in [-0.4, -0.2) is 40.8 Å². The van der Waals surface area contributed by atoms with Crippen molar-refractivity contribution in [1.82, 2.24) is 15.0 Å². The molecule has 1 aliphatic carbocycles. The Morgan fingerprint density at radius 3 is 2.50 bits per heavy atom. The molecule has 18 heavy (non-hydrogen) atoms. The Balaban J connectivity index is 2.27. The molecule has 9 heteroatoms. The zero-order valence-corrected chi connectivity index (χ0v) is 10.2. The van der Waals surface area contributed by atoms with Crippen molar-refractivity contribution in [3.63, 3.8) is 0 Å². The van der Waals surface area contributed by atoms with Crippen LogP contribution >= 0.6 is 11.6 Å². The first-order valence-corrected chi connectivity index (χ1v) is 5.56. The predicted octanol–water partition coefficient (Wildman–Crippen LogP) is 2.06. The van der Waals surface area contributed by atoms with Crippen molar-refractivity contribution in [3.05, 3.63) is 5.28 Å². The van der Waals surface area contributed by atoms with Crippen LogP contribution in [0.3, 0.4) is 0 Å². The second-order valence-electron chi connectivity index (χ2n) is 3.87. The third-order valence-electron chi connectivity index (χ3n) is 2.35. The zero-order valence-electron chi connectivity index (χ0n) is 9.41. The Morgan fingerprint density at radius 2 is 2.00 bits per heavy atom. The minimum atomic E-state index is -4.32. The standard InChI is InChI=1S/C9H10ClF3N4O/c1-18-8-15-6(10)14-7(16-8)17(5-2-3-5)4-9(11,12)13/h5H,2-4H2,1H3. The van der Waals surface area contributed by atoms with Gasteiger partial charge in [0.25, 0.3) is 0 Å². The lowest BCUT2D eigenvalue weighted by molar-refractivity contribution is -0.120. The maximum Gasteiger partial charge on any atom is 0.406 e. The topological polar surface area (TPSA) is 51.1 Å². The van der Waals surface area contributed by atoms with Crippen molar-refractivity contribution >= 4 is 17.5 Å². The van der Waals surface area contributed by atoms with Crippen LogP contribution in [0.2, 0.25) is 5.28 Å². The monoisotopic (exact) mass is 282 g/mol. The van der Waals surface area contributed by atoms with Crippen molar-refractivity contribution in [3.8, 4) is 6.01 Å². The van der Waals surface area contributed by atoms with E-state index >= 15 is 0 Å². The van der Waals surface area contributed by atoms with E-state index in [4.69, 9.17) is 16.3 Å². The molecule has 0 spiro atoms. The van der Waals surface area contributed by atoms with Crippen molar-refractivity contribution in [1.29, 1.82) is 0 Å². The number of hydrogen-bond acceptors (Lipinski definition) is 5. The summed E-state index contributed by atoms with van der Waals surface area (Å²) in [6.45, 7) is -1.11. The van der Waals surface area contributed by atoms with E-state index in [1.165, 1.54) is 7.11 Å². The molecule has 0 saturated heterocycles. The van der Waals surface area contributed by atoms with E-state index in [0.717, 1.165) is 4.90 Å². The zero-order chi connectivity index (χ0) is 13.3. The molecular formula is C9H10ClF3N4O. The molecule has 0 unspecified atom stereocenters. The summed E-state index contributed by atoms with van der Waals surface area (Å²) in [7, 11) is 1.31. The Labute approximate surface area is 106 Å². The van der Waals surface area contributed by atoms with E-state index in [1.807, 2.05) is 0 Å². The molecule has 1 heterocycles. The van der Waals surface area contributed by atoms with Gasteiger partial charge >= 0.3 is 12.2 Å². The summed E-state index contributed by atoms with van der Waals surface area (Å²) in [5.41, 5.74) is 0. The average Bonchev–Trinajstić information content (AvgIpc) is 3.07. The highest BCUT2D eigenvalue weighted by molar-refractivity contribution is 6.28. The van der Waals surface area contributed by atoms with Gasteiger partial charge in [-0.2, -0.15) is 28.1 Å². The molecule has 0 atom stereocenters. The number of halogens is 4. The Kier molecular flexibility index (Phi) is 3.47. The first kappa shape index (κ1) is 13.1. The van der Waals surface area contributed by atoms with Gasteiger partial charge in [0.1, 0.15) is 6.54 Å². The fraction of sp³-hybridized carbons (Fsp3) is 0.667. The van der Waals surface area contributed by atoms with Crippen molar-refractivity contribution in [2.45, 2.75) is 25.1 Å². The quantitative estimate of drug-likeness (QED) is 0.846. The van der Waals surface area contributed by atoms with Crippen molar-refractivity contribution in [2.75, 3.05) is 18.6 Å². The third-order valence-corrected chi connectivity index (χ3v) is 2.52. The molecule has 100 valence electrons. The highest BCUT2D eigenvalue weighted by atomic mass is 35.5. The van der Waals surface area contributed by atoms with E-state index in [-0.39, 0.29) is 23.3 Å². The molecule has 0 aliphatic heterocycles. The van der Waals surface area contributed by atoms with Crippen LogP contribution < -0.4 is 9.64 Å². The molecule has 1 aliphatic rings. The molecular weight excluding hydrogens is 273 g/mol. The molecule has 0 aromatic carbocycles. The predicted molar refractivity (Wildman–Crippen MR) is 57.8 cm³/mol. The minimum Gasteiger partial charge on any atom is -0.467 e. The van der Waals surface area contributed by atoms with Gasteiger partial charge in [0.05, 0.1) is 7.11 Å². The van der Waals surface area contributed by atoms with Gasteiger partial charge in [-0.05, 0) is 24.4 Å². The van der Waals surface area contributed by atoms with E-state index in [0.29, 0.717) is 12.8 Å². The van der Waals surface area contributed by atoms with Crippen LogP contribution in [0.5, 0.6) is 6.01 Å². The van der Waals surface area contributed by atoms with Gasteiger partial charge in [0.15, 0.2) is 0 Å². The van der Waals surface area contributed by atoms with Gasteiger partial charge < -0.3 is 9.64 Å². The van der Waals surface area contributed by atoms with Gasteiger partial charge in [-0.3, -0.25) is 0 Å². The van der Waals surface area contributed by atoms with E-state index in [9.17, 15) is 13.2 Å². The molecule has 2 rings (SSSR count). The number of methoxy groups -OCH3 is 1. The minimum absolute atomic E-state index is 0.0992. The second kappa shape index (κ2) is 4.75. The summed E-state index contributed by atoms with van der Waals surface area (Å²) < 4.78 is 42.2. The van der Waals surface area contributed by atoms with E-state index in [1.54, 1.807) is 0 Å². The molecule has 5 nitrogen and oxygen atoms in total. The lowest BCUT2D eigenvalue weighted by Gasteiger charge is -2.23. The number of aromatic nitrogens is 3. The number of anilines is 1. The summed E-state index contributed by atoms with van der Waals surface area (Å²) in [5.74, 6) is -0.105. The lowest BCUT2D eigenvalue weighted by atomic mass is 10.5. The van der Waals surface area contributed by atoms with Crippen molar-refractivity contribution < 1.29 is 17.9 Å². The van der Waals surface area contributed by atoms with Crippen LogP contribution in [0, 0.1) is 0 Å². The molecule has 1 fully saturated rings. The molecule has 1 aromatic rings. The van der Waals surface area contributed by atoms with Gasteiger partial charge in [-0.15, -0.1) is 0 Å². The summed E-state index contributed by atoms with van der Waals surface area (Å²) in [4.78, 5) is 12.2. The van der Waals surface area contributed by atoms with Crippen LogP contribution in [0.25, 0.3) is 0 Å². The van der Waals surface area contributed by atoms with Crippen LogP contribution in [0.15, 0.2) is 0 Å². The SMILES string of the molecule is COc1nc(Cl)nc(N(CC(F)(F)F)C2CC2)n1. The van der Waals surface area contributed by atoms with Crippen LogP contribution in [0.1, 0.15) is 12.8 Å². The van der Waals surface area contributed by atoms with Crippen molar-refractivity contribution in [2.24, 2.45) is 0 Å². The van der Waals surface area contributed by atoms with E-state index in [2.05, 4.69) is 15.0 Å². The van der Waals surface area contributed by atoms with Gasteiger partial charge in [-0.25, -0.2) is 0 Å². The van der Waals surface area contributed by atoms with Gasteiger partial charge in [0, 0.05) is 6.04 Å².